The first-order chi connectivity index (χ1) is 12.9. The minimum atomic E-state index is -1.77. The first kappa shape index (κ1) is 20.2. The Morgan fingerprint density at radius 2 is 1.81 bits per heavy atom. The fraction of sp³-hybridized carbons (Fsp3) is 0.158. The molecule has 0 fully saturated rings. The number of nitro groups is 1. The number of nitro benzene ring substituents is 1. The summed E-state index contributed by atoms with van der Waals surface area (Å²) >= 11 is 0. The number of ether oxygens (including phenoxy) is 1. The Morgan fingerprint density at radius 3 is 2.37 bits per heavy atom. The third-order valence-corrected chi connectivity index (χ3v) is 4.46. The van der Waals surface area contributed by atoms with Gasteiger partial charge >= 0.3 is 5.97 Å². The Kier molecular flexibility index (Phi) is 7.13. The molecule has 27 heavy (non-hydrogen) atoms. The van der Waals surface area contributed by atoms with Crippen molar-refractivity contribution in [3.8, 4) is 0 Å². The van der Waals surface area contributed by atoms with Crippen molar-refractivity contribution in [2.45, 2.75) is 18.7 Å². The maximum absolute atomic E-state index is 12.4. The summed E-state index contributed by atoms with van der Waals surface area (Å²) in [6.07, 6.45) is 2.93. The number of aryl methyl sites for hydroxylation is 1. The number of hydrogen-bond donors (Lipinski definition) is 0. The van der Waals surface area contributed by atoms with Gasteiger partial charge in [-0.3, -0.25) is 10.1 Å². The minimum absolute atomic E-state index is 0.0353. The molecule has 0 saturated heterocycles. The number of nitrogens with zero attached hydrogens (tertiary/aromatic N) is 2. The van der Waals surface area contributed by atoms with Gasteiger partial charge in [0.05, 0.1) is 16.4 Å². The van der Waals surface area contributed by atoms with E-state index < -0.39 is 21.9 Å². The second-order valence-electron chi connectivity index (χ2n) is 5.44. The highest BCUT2D eigenvalue weighted by Gasteiger charge is 2.13. The van der Waals surface area contributed by atoms with Crippen LogP contribution in [0.2, 0.25) is 0 Å². The molecule has 0 aliphatic heterocycles. The van der Waals surface area contributed by atoms with Gasteiger partial charge < -0.3 is 4.74 Å². The number of non-ortho nitro benzene ring substituents is 1. The number of rotatable bonds is 7. The summed E-state index contributed by atoms with van der Waals surface area (Å²) in [6, 6.07) is 12.7. The maximum atomic E-state index is 12.4. The topological polar surface area (TPSA) is 98.9 Å². The molecule has 0 spiro atoms. The minimum Gasteiger partial charge on any atom is -0.461 e. The van der Waals surface area contributed by atoms with Gasteiger partial charge in [-0.25, -0.2) is 9.00 Å². The van der Waals surface area contributed by atoms with Crippen LogP contribution in [-0.2, 0) is 20.5 Å². The van der Waals surface area contributed by atoms with Crippen LogP contribution in [0.25, 0.3) is 6.08 Å². The first-order valence-electron chi connectivity index (χ1n) is 8.07. The highest BCUT2D eigenvalue weighted by atomic mass is 32.2. The molecule has 2 aromatic rings. The van der Waals surface area contributed by atoms with E-state index in [1.165, 1.54) is 30.3 Å². The fourth-order valence-electron chi connectivity index (χ4n) is 2.02. The second-order valence-corrected chi connectivity index (χ2v) is 6.59. The van der Waals surface area contributed by atoms with E-state index in [0.717, 1.165) is 5.56 Å². The Bertz CT molecular complexity index is 903. The van der Waals surface area contributed by atoms with Crippen molar-refractivity contribution >= 4 is 34.4 Å². The number of carbonyl (C=O) groups excluding carboxylic acids is 1. The van der Waals surface area contributed by atoms with Crippen LogP contribution in [0.3, 0.4) is 0 Å². The van der Waals surface area contributed by atoms with Gasteiger partial charge in [0, 0.05) is 12.1 Å². The molecule has 1 unspecified atom stereocenters. The van der Waals surface area contributed by atoms with Crippen LogP contribution in [0.1, 0.15) is 18.1 Å². The molecule has 0 bridgehead atoms. The number of esters is 1. The SMILES string of the molecule is CCOC(=O)C(/C=C/c1ccc([N+](=O)[O-])cc1)=N\S(=O)c1ccc(C)cc1. The molecule has 2 rings (SSSR count). The van der Waals surface area contributed by atoms with Crippen LogP contribution >= 0.6 is 0 Å². The molecule has 0 N–H and O–H groups in total. The molecule has 7 nitrogen and oxygen atoms in total. The Morgan fingerprint density at radius 1 is 1.19 bits per heavy atom. The van der Waals surface area contributed by atoms with Gasteiger partial charge in [0.2, 0.25) is 0 Å². The lowest BCUT2D eigenvalue weighted by Crippen LogP contribution is -2.16. The van der Waals surface area contributed by atoms with Crippen molar-refractivity contribution in [2.24, 2.45) is 4.40 Å². The normalized spacial score (nSPS) is 12.7. The summed E-state index contributed by atoms with van der Waals surface area (Å²) in [4.78, 5) is 22.8. The smallest absolute Gasteiger partial charge is 0.357 e. The van der Waals surface area contributed by atoms with E-state index in [-0.39, 0.29) is 18.0 Å². The van der Waals surface area contributed by atoms with Crippen LogP contribution in [-0.4, -0.2) is 27.4 Å². The molecule has 1 atom stereocenters. The molecule has 0 amide bonds. The van der Waals surface area contributed by atoms with Crippen molar-refractivity contribution in [2.75, 3.05) is 6.61 Å². The standard InChI is InChI=1S/C19H18N2O5S/c1-3-26-19(22)18(20-27(25)17-11-4-14(2)5-12-17)13-8-15-6-9-16(10-7-15)21(23)24/h4-13H,3H2,1-2H3/b13-8+,20-18-. The van der Waals surface area contributed by atoms with Crippen LogP contribution < -0.4 is 0 Å². The molecule has 0 saturated carbocycles. The lowest BCUT2D eigenvalue weighted by Gasteiger charge is -2.03. The van der Waals surface area contributed by atoms with Gasteiger partial charge in [-0.15, -0.1) is 0 Å². The van der Waals surface area contributed by atoms with Crippen LogP contribution in [0.15, 0.2) is 63.9 Å². The van der Waals surface area contributed by atoms with E-state index in [1.54, 1.807) is 37.3 Å². The van der Waals surface area contributed by atoms with Crippen LogP contribution in [0, 0.1) is 17.0 Å². The third kappa shape index (κ3) is 5.96. The van der Waals surface area contributed by atoms with E-state index in [0.29, 0.717) is 10.5 Å². The average molecular weight is 386 g/mol. The monoisotopic (exact) mass is 386 g/mol. The zero-order valence-electron chi connectivity index (χ0n) is 14.8. The highest BCUT2D eigenvalue weighted by Crippen LogP contribution is 2.14. The molecule has 0 aliphatic rings. The zero-order valence-corrected chi connectivity index (χ0v) is 15.6. The van der Waals surface area contributed by atoms with Gasteiger partial charge in [-0.2, -0.15) is 4.40 Å². The molecule has 140 valence electrons. The Hall–Kier alpha value is -3.13. The molecular formula is C19H18N2O5S. The van der Waals surface area contributed by atoms with E-state index in [2.05, 4.69) is 4.40 Å². The zero-order chi connectivity index (χ0) is 19.8. The lowest BCUT2D eigenvalue weighted by molar-refractivity contribution is -0.384. The molecule has 0 heterocycles. The summed E-state index contributed by atoms with van der Waals surface area (Å²) in [5.41, 5.74) is 1.50. The van der Waals surface area contributed by atoms with Crippen LogP contribution in [0.5, 0.6) is 0 Å². The van der Waals surface area contributed by atoms with E-state index >= 15 is 0 Å². The summed E-state index contributed by atoms with van der Waals surface area (Å²) in [5.74, 6) is -0.698. The van der Waals surface area contributed by atoms with Gasteiger partial charge in [-0.1, -0.05) is 23.8 Å². The van der Waals surface area contributed by atoms with Gasteiger partial charge in [0.1, 0.15) is 0 Å². The summed E-state index contributed by atoms with van der Waals surface area (Å²) in [6.45, 7) is 3.72. The number of hydrogen-bond acceptors (Lipinski definition) is 5. The van der Waals surface area contributed by atoms with E-state index in [9.17, 15) is 19.1 Å². The maximum Gasteiger partial charge on any atom is 0.357 e. The van der Waals surface area contributed by atoms with Crippen molar-refractivity contribution < 1.29 is 18.7 Å². The average Bonchev–Trinajstić information content (AvgIpc) is 2.66. The summed E-state index contributed by atoms with van der Waals surface area (Å²) in [7, 11) is -1.77. The van der Waals surface area contributed by atoms with Crippen molar-refractivity contribution in [3.05, 3.63) is 75.8 Å². The Labute approximate surface area is 159 Å². The second kappa shape index (κ2) is 9.54. The summed E-state index contributed by atoms with van der Waals surface area (Å²) < 4.78 is 21.3. The van der Waals surface area contributed by atoms with E-state index in [1.807, 2.05) is 6.92 Å². The molecule has 2 aromatic carbocycles. The fourth-order valence-corrected chi connectivity index (χ4v) is 2.81. The van der Waals surface area contributed by atoms with Crippen LogP contribution in [0.4, 0.5) is 5.69 Å². The molecule has 0 aliphatic carbocycles. The first-order valence-corrected chi connectivity index (χ1v) is 9.18. The predicted octanol–water partition coefficient (Wildman–Crippen LogP) is 3.64. The largest absolute Gasteiger partial charge is 0.461 e. The molecule has 0 aromatic heterocycles. The van der Waals surface area contributed by atoms with Gasteiger partial charge in [0.25, 0.3) is 5.69 Å². The molecular weight excluding hydrogens is 368 g/mol. The predicted molar refractivity (Wildman–Crippen MR) is 104 cm³/mol. The van der Waals surface area contributed by atoms with Crippen molar-refractivity contribution in [1.29, 1.82) is 0 Å². The quantitative estimate of drug-likeness (QED) is 0.313. The van der Waals surface area contributed by atoms with Gasteiger partial charge in [-0.05, 0) is 49.8 Å². The third-order valence-electron chi connectivity index (χ3n) is 3.43. The number of carbonyl (C=O) groups is 1. The molecule has 0 radical (unpaired) electrons. The van der Waals surface area contributed by atoms with Crippen molar-refractivity contribution in [1.82, 2.24) is 0 Å². The van der Waals surface area contributed by atoms with Crippen molar-refractivity contribution in [3.63, 3.8) is 0 Å². The molecule has 8 heteroatoms. The summed E-state index contributed by atoms with van der Waals surface area (Å²) in [5, 5.41) is 10.7. The lowest BCUT2D eigenvalue weighted by atomic mass is 10.2. The number of benzene rings is 2. The van der Waals surface area contributed by atoms with Gasteiger partial charge in [0.15, 0.2) is 16.7 Å². The van der Waals surface area contributed by atoms with E-state index in [4.69, 9.17) is 4.74 Å². The highest BCUT2D eigenvalue weighted by molar-refractivity contribution is 7.84. The Balaban J connectivity index is 2.27.